The summed E-state index contributed by atoms with van der Waals surface area (Å²) in [6.07, 6.45) is 1.61. The number of hydrogen-bond acceptors (Lipinski definition) is 3. The standard InChI is InChI=1S/C18H17FN4O2/c1-11-3-8-15(17(24)21-11)18(25)23(2)10-13-9-20-22-16(13)12-4-6-14(19)7-5-12/h3-9H,10H2,1-2H3,(H,20,22)(H,21,24). The molecule has 2 heterocycles. The molecule has 2 N–H and O–H groups in total. The van der Waals surface area contributed by atoms with Crippen molar-refractivity contribution in [2.24, 2.45) is 0 Å². The Kier molecular flexibility index (Phi) is 4.47. The second-order valence-corrected chi connectivity index (χ2v) is 5.82. The van der Waals surface area contributed by atoms with Gasteiger partial charge in [0.25, 0.3) is 11.5 Å². The lowest BCUT2D eigenvalue weighted by Gasteiger charge is -2.17. The number of aryl methyl sites for hydroxylation is 1. The van der Waals surface area contributed by atoms with Crippen molar-refractivity contribution in [3.63, 3.8) is 0 Å². The maximum absolute atomic E-state index is 13.1. The minimum atomic E-state index is -0.414. The number of rotatable bonds is 4. The number of halogens is 1. The van der Waals surface area contributed by atoms with Crippen molar-refractivity contribution >= 4 is 5.91 Å². The number of amides is 1. The van der Waals surface area contributed by atoms with E-state index in [0.717, 1.165) is 11.1 Å². The Labute approximate surface area is 143 Å². The van der Waals surface area contributed by atoms with Crippen molar-refractivity contribution in [3.05, 3.63) is 75.6 Å². The molecule has 7 heteroatoms. The number of carbonyl (C=O) groups excluding carboxylic acids is 1. The number of benzene rings is 1. The largest absolute Gasteiger partial charge is 0.337 e. The molecule has 0 aliphatic rings. The molecule has 0 spiro atoms. The molecule has 6 nitrogen and oxygen atoms in total. The van der Waals surface area contributed by atoms with E-state index in [0.29, 0.717) is 11.4 Å². The molecule has 3 rings (SSSR count). The van der Waals surface area contributed by atoms with Crippen LogP contribution in [-0.2, 0) is 6.54 Å². The number of carbonyl (C=O) groups is 1. The van der Waals surface area contributed by atoms with Crippen molar-refractivity contribution in [2.45, 2.75) is 13.5 Å². The summed E-state index contributed by atoms with van der Waals surface area (Å²) in [5.74, 6) is -0.705. The van der Waals surface area contributed by atoms with Gasteiger partial charge >= 0.3 is 0 Å². The van der Waals surface area contributed by atoms with Gasteiger partial charge in [-0.05, 0) is 43.3 Å². The normalized spacial score (nSPS) is 10.7. The summed E-state index contributed by atoms with van der Waals surface area (Å²) in [5, 5.41) is 6.88. The van der Waals surface area contributed by atoms with Gasteiger partial charge in [-0.3, -0.25) is 14.7 Å². The Balaban J connectivity index is 1.83. The zero-order valence-corrected chi connectivity index (χ0v) is 13.8. The zero-order chi connectivity index (χ0) is 18.0. The van der Waals surface area contributed by atoms with Gasteiger partial charge in [0.05, 0.1) is 11.9 Å². The van der Waals surface area contributed by atoms with Gasteiger partial charge in [-0.2, -0.15) is 5.10 Å². The topological polar surface area (TPSA) is 81.8 Å². The van der Waals surface area contributed by atoms with E-state index in [1.54, 1.807) is 38.4 Å². The van der Waals surface area contributed by atoms with Gasteiger partial charge in [0, 0.05) is 30.4 Å². The molecule has 0 fully saturated rings. The molecule has 128 valence electrons. The first kappa shape index (κ1) is 16.6. The van der Waals surface area contributed by atoms with Crippen LogP contribution in [0, 0.1) is 12.7 Å². The monoisotopic (exact) mass is 340 g/mol. The van der Waals surface area contributed by atoms with E-state index in [4.69, 9.17) is 0 Å². The van der Waals surface area contributed by atoms with Crippen LogP contribution < -0.4 is 5.56 Å². The quantitative estimate of drug-likeness (QED) is 0.765. The third kappa shape index (κ3) is 3.50. The van der Waals surface area contributed by atoms with Crippen LogP contribution >= 0.6 is 0 Å². The molecule has 0 aliphatic heterocycles. The van der Waals surface area contributed by atoms with Crippen LogP contribution in [0.15, 0.2) is 47.4 Å². The molecule has 0 radical (unpaired) electrons. The lowest BCUT2D eigenvalue weighted by atomic mass is 10.1. The van der Waals surface area contributed by atoms with Crippen molar-refractivity contribution in [1.82, 2.24) is 20.1 Å². The average molecular weight is 340 g/mol. The van der Waals surface area contributed by atoms with E-state index in [2.05, 4.69) is 15.2 Å². The van der Waals surface area contributed by atoms with Crippen molar-refractivity contribution in [2.75, 3.05) is 7.05 Å². The Hall–Kier alpha value is -3.22. The number of aromatic nitrogens is 3. The summed E-state index contributed by atoms with van der Waals surface area (Å²) in [7, 11) is 1.61. The molecule has 1 amide bonds. The van der Waals surface area contributed by atoms with Gasteiger partial charge in [-0.25, -0.2) is 4.39 Å². The van der Waals surface area contributed by atoms with Crippen molar-refractivity contribution < 1.29 is 9.18 Å². The first-order valence-electron chi connectivity index (χ1n) is 7.69. The van der Waals surface area contributed by atoms with Gasteiger partial charge in [0.15, 0.2) is 0 Å². The number of hydrogen-bond donors (Lipinski definition) is 2. The lowest BCUT2D eigenvalue weighted by Crippen LogP contribution is -2.31. The highest BCUT2D eigenvalue weighted by Gasteiger charge is 2.18. The maximum atomic E-state index is 13.1. The highest BCUT2D eigenvalue weighted by atomic mass is 19.1. The van der Waals surface area contributed by atoms with E-state index in [-0.39, 0.29) is 23.8 Å². The summed E-state index contributed by atoms with van der Waals surface area (Å²) in [6.45, 7) is 2.01. The van der Waals surface area contributed by atoms with Gasteiger partial charge in [-0.1, -0.05) is 0 Å². The minimum absolute atomic E-state index is 0.0833. The molecule has 2 aromatic heterocycles. The SMILES string of the molecule is Cc1ccc(C(=O)N(C)Cc2cn[nH]c2-c2ccc(F)cc2)c(=O)[nH]1. The Morgan fingerprint density at radius 3 is 2.60 bits per heavy atom. The summed E-state index contributed by atoms with van der Waals surface area (Å²) in [6, 6.07) is 9.20. The molecule has 3 aromatic rings. The van der Waals surface area contributed by atoms with Crippen LogP contribution in [0.1, 0.15) is 21.6 Å². The number of aromatic amines is 2. The number of nitrogens with zero attached hydrogens (tertiary/aromatic N) is 2. The number of H-pyrrole nitrogens is 2. The van der Waals surface area contributed by atoms with Crippen LogP contribution in [-0.4, -0.2) is 33.0 Å². The van der Waals surface area contributed by atoms with Crippen LogP contribution in [0.4, 0.5) is 4.39 Å². The van der Waals surface area contributed by atoms with Crippen molar-refractivity contribution in [1.29, 1.82) is 0 Å². The smallest absolute Gasteiger partial charge is 0.260 e. The molecule has 0 unspecified atom stereocenters. The van der Waals surface area contributed by atoms with E-state index in [9.17, 15) is 14.0 Å². The maximum Gasteiger partial charge on any atom is 0.260 e. The van der Waals surface area contributed by atoms with E-state index < -0.39 is 5.56 Å². The zero-order valence-electron chi connectivity index (χ0n) is 13.8. The Morgan fingerprint density at radius 2 is 1.92 bits per heavy atom. The van der Waals surface area contributed by atoms with Crippen LogP contribution in [0.25, 0.3) is 11.3 Å². The van der Waals surface area contributed by atoms with Gasteiger partial charge in [0.2, 0.25) is 0 Å². The third-order valence-corrected chi connectivity index (χ3v) is 3.89. The van der Waals surface area contributed by atoms with Gasteiger partial charge in [-0.15, -0.1) is 0 Å². The van der Waals surface area contributed by atoms with E-state index >= 15 is 0 Å². The highest BCUT2D eigenvalue weighted by molar-refractivity contribution is 5.93. The first-order chi connectivity index (χ1) is 12.0. The van der Waals surface area contributed by atoms with Crippen LogP contribution in [0.5, 0.6) is 0 Å². The second-order valence-electron chi connectivity index (χ2n) is 5.82. The summed E-state index contributed by atoms with van der Waals surface area (Å²) < 4.78 is 13.1. The van der Waals surface area contributed by atoms with Crippen molar-refractivity contribution in [3.8, 4) is 11.3 Å². The highest BCUT2D eigenvalue weighted by Crippen LogP contribution is 2.22. The summed E-state index contributed by atoms with van der Waals surface area (Å²) >= 11 is 0. The number of pyridine rings is 1. The fourth-order valence-corrected chi connectivity index (χ4v) is 2.57. The predicted octanol–water partition coefficient (Wildman–Crippen LogP) is 2.48. The van der Waals surface area contributed by atoms with Gasteiger partial charge < -0.3 is 9.88 Å². The minimum Gasteiger partial charge on any atom is -0.337 e. The fraction of sp³-hybridized carbons (Fsp3) is 0.167. The molecular weight excluding hydrogens is 323 g/mol. The van der Waals surface area contributed by atoms with Crippen LogP contribution in [0.2, 0.25) is 0 Å². The van der Waals surface area contributed by atoms with Crippen LogP contribution in [0.3, 0.4) is 0 Å². The second kappa shape index (κ2) is 6.72. The fourth-order valence-electron chi connectivity index (χ4n) is 2.57. The Morgan fingerprint density at radius 1 is 1.20 bits per heavy atom. The third-order valence-electron chi connectivity index (χ3n) is 3.89. The molecule has 25 heavy (non-hydrogen) atoms. The lowest BCUT2D eigenvalue weighted by molar-refractivity contribution is 0.0783. The van der Waals surface area contributed by atoms with E-state index in [1.807, 2.05) is 0 Å². The number of nitrogens with one attached hydrogen (secondary N) is 2. The Bertz CT molecular complexity index is 960. The molecule has 0 saturated carbocycles. The first-order valence-corrected chi connectivity index (χ1v) is 7.69. The summed E-state index contributed by atoms with van der Waals surface area (Å²) in [5.41, 5.74) is 2.60. The molecule has 0 atom stereocenters. The summed E-state index contributed by atoms with van der Waals surface area (Å²) in [4.78, 5) is 28.5. The average Bonchev–Trinajstić information content (AvgIpc) is 3.03. The van der Waals surface area contributed by atoms with E-state index in [1.165, 1.54) is 23.1 Å². The van der Waals surface area contributed by atoms with Gasteiger partial charge in [0.1, 0.15) is 11.4 Å². The molecule has 1 aromatic carbocycles. The molecule has 0 saturated heterocycles. The predicted molar refractivity (Wildman–Crippen MR) is 91.6 cm³/mol. The molecule has 0 bridgehead atoms. The molecular formula is C18H17FN4O2. The molecule has 0 aliphatic carbocycles.